The monoisotopic (exact) mass is 540 g/mol. The summed E-state index contributed by atoms with van der Waals surface area (Å²) < 4.78 is 55.2. The molecule has 12 heteroatoms. The van der Waals surface area contributed by atoms with E-state index in [2.05, 4.69) is 15.0 Å². The second kappa shape index (κ2) is 10.4. The minimum Gasteiger partial charge on any atom is -0.453 e. The second-order valence-electron chi connectivity index (χ2n) is 9.62. The Bertz CT molecular complexity index is 1500. The average molecular weight is 541 g/mol. The van der Waals surface area contributed by atoms with Crippen LogP contribution in [0, 0.1) is 17.1 Å². The van der Waals surface area contributed by atoms with Gasteiger partial charge in [0.25, 0.3) is 0 Å². The summed E-state index contributed by atoms with van der Waals surface area (Å²) in [5.74, 6) is -0.818. The van der Waals surface area contributed by atoms with Crippen LogP contribution in [0.3, 0.4) is 0 Å². The minimum absolute atomic E-state index is 0.0832. The smallest absolute Gasteiger partial charge is 0.301 e. The number of hydrogen-bond acceptors (Lipinski definition) is 8. The van der Waals surface area contributed by atoms with Crippen molar-refractivity contribution in [1.82, 2.24) is 19.6 Å². The van der Waals surface area contributed by atoms with Crippen molar-refractivity contribution < 1.29 is 22.3 Å². The Morgan fingerprint density at radius 1 is 1.29 bits per heavy atom. The van der Waals surface area contributed by atoms with Crippen molar-refractivity contribution in [2.45, 2.75) is 37.7 Å². The van der Waals surface area contributed by atoms with Gasteiger partial charge in [0.2, 0.25) is 0 Å². The summed E-state index contributed by atoms with van der Waals surface area (Å²) in [4.78, 5) is 9.35. The molecule has 2 aliphatic rings. The number of rotatable bonds is 7. The zero-order valence-electron chi connectivity index (χ0n) is 21.2. The predicted octanol–water partition coefficient (Wildman–Crippen LogP) is 3.67. The van der Waals surface area contributed by atoms with E-state index >= 15 is 0 Å². The highest BCUT2D eigenvalue weighted by molar-refractivity contribution is 7.90. The van der Waals surface area contributed by atoms with E-state index in [9.17, 15) is 18.1 Å². The lowest BCUT2D eigenvalue weighted by Gasteiger charge is -2.32. The second-order valence-corrected chi connectivity index (χ2v) is 11.4. The lowest BCUT2D eigenvalue weighted by molar-refractivity contribution is -0.0193. The van der Waals surface area contributed by atoms with E-state index in [1.54, 1.807) is 31.3 Å². The summed E-state index contributed by atoms with van der Waals surface area (Å²) in [7, 11) is -2.54. The van der Waals surface area contributed by atoms with Crippen LogP contribution in [0.2, 0.25) is 0 Å². The molecule has 0 aliphatic carbocycles. The predicted molar refractivity (Wildman–Crippen MR) is 140 cm³/mol. The van der Waals surface area contributed by atoms with Gasteiger partial charge in [0, 0.05) is 31.8 Å². The summed E-state index contributed by atoms with van der Waals surface area (Å²) in [6.45, 7) is 4.35. The molecule has 0 saturated carbocycles. The van der Waals surface area contributed by atoms with Gasteiger partial charge < -0.3 is 14.8 Å². The van der Waals surface area contributed by atoms with Gasteiger partial charge in [0.15, 0.2) is 11.6 Å². The summed E-state index contributed by atoms with van der Waals surface area (Å²) in [5.41, 5.74) is 1.56. The number of nitrogens with zero attached hydrogens (tertiary/aromatic N) is 4. The number of hydrogen-bond donors (Lipinski definition) is 2. The zero-order chi connectivity index (χ0) is 26.9. The topological polar surface area (TPSA) is 129 Å². The van der Waals surface area contributed by atoms with Crippen molar-refractivity contribution in [1.29, 1.82) is 5.26 Å². The number of benzene rings is 2. The van der Waals surface area contributed by atoms with Crippen molar-refractivity contribution >= 4 is 26.9 Å². The quantitative estimate of drug-likeness (QED) is 0.464. The molecule has 3 heterocycles. The molecule has 5 rings (SSSR count). The molecule has 3 aromatic rings. The SMILES string of the molecule is CCN(C)S(=O)(=O)Nc1ccc(F)c(Oc2ccc3ncc([C@H]4COC5(CCNCC5)C4)nc3c2)c1C#N. The standard InChI is InChI=1S/C26H29FN6O4S/c1-3-33(2)38(34,35)32-21-7-5-20(27)25(19(21)14-28)37-18-4-6-22-23(12-18)31-24(15-30-22)17-13-26(36-16-17)8-10-29-11-9-26/h4-7,12,15,17,29,32H,3,8-11,13,16H2,1-2H3/t17-/m1/s1. The van der Waals surface area contributed by atoms with E-state index in [0.717, 1.165) is 48.4 Å². The number of anilines is 1. The number of nitriles is 1. The van der Waals surface area contributed by atoms with Crippen LogP contribution >= 0.6 is 0 Å². The van der Waals surface area contributed by atoms with E-state index in [-0.39, 0.29) is 40.8 Å². The molecule has 0 radical (unpaired) electrons. The van der Waals surface area contributed by atoms with Crippen LogP contribution in [0.1, 0.15) is 43.4 Å². The van der Waals surface area contributed by atoms with Crippen LogP contribution in [-0.4, -0.2) is 61.6 Å². The van der Waals surface area contributed by atoms with Gasteiger partial charge >= 0.3 is 10.2 Å². The number of halogens is 1. The molecule has 2 fully saturated rings. The fraction of sp³-hybridized carbons (Fsp3) is 0.423. The largest absolute Gasteiger partial charge is 0.453 e. The first-order valence-corrected chi connectivity index (χ1v) is 13.9. The molecule has 0 bridgehead atoms. The highest BCUT2D eigenvalue weighted by Crippen LogP contribution is 2.41. The maximum Gasteiger partial charge on any atom is 0.301 e. The van der Waals surface area contributed by atoms with Gasteiger partial charge in [-0.25, -0.2) is 9.37 Å². The van der Waals surface area contributed by atoms with Gasteiger partial charge in [0.05, 0.1) is 34.6 Å². The fourth-order valence-corrected chi connectivity index (χ4v) is 5.83. The van der Waals surface area contributed by atoms with Crippen molar-refractivity contribution in [3.63, 3.8) is 0 Å². The summed E-state index contributed by atoms with van der Waals surface area (Å²) in [6, 6.07) is 9.03. The third kappa shape index (κ3) is 5.15. The molecule has 1 spiro atoms. The molecule has 2 saturated heterocycles. The molecule has 38 heavy (non-hydrogen) atoms. The molecular formula is C26H29FN6O4S. The van der Waals surface area contributed by atoms with Crippen LogP contribution in [0.15, 0.2) is 36.5 Å². The summed E-state index contributed by atoms with van der Waals surface area (Å²) >= 11 is 0. The Balaban J connectivity index is 1.42. The molecule has 0 amide bonds. The summed E-state index contributed by atoms with van der Waals surface area (Å²) in [6.07, 6.45) is 4.60. The third-order valence-corrected chi connectivity index (χ3v) is 8.77. The van der Waals surface area contributed by atoms with Crippen LogP contribution in [0.4, 0.5) is 10.1 Å². The van der Waals surface area contributed by atoms with E-state index < -0.39 is 16.0 Å². The van der Waals surface area contributed by atoms with Crippen molar-refractivity contribution in [3.05, 3.63) is 53.6 Å². The van der Waals surface area contributed by atoms with Gasteiger partial charge in [-0.15, -0.1) is 0 Å². The number of nitrogens with one attached hydrogen (secondary N) is 2. The van der Waals surface area contributed by atoms with Crippen molar-refractivity contribution in [2.75, 3.05) is 38.0 Å². The summed E-state index contributed by atoms with van der Waals surface area (Å²) in [5, 5.41) is 13.1. The number of piperidine rings is 1. The molecule has 10 nitrogen and oxygen atoms in total. The molecule has 0 unspecified atom stereocenters. The highest BCUT2D eigenvalue weighted by Gasteiger charge is 2.42. The van der Waals surface area contributed by atoms with E-state index in [4.69, 9.17) is 14.5 Å². The van der Waals surface area contributed by atoms with E-state index in [1.807, 2.05) is 6.07 Å². The first kappa shape index (κ1) is 26.2. The van der Waals surface area contributed by atoms with Crippen LogP contribution in [-0.2, 0) is 14.9 Å². The lowest BCUT2D eigenvalue weighted by Crippen LogP contribution is -2.41. The molecule has 2 aliphatic heterocycles. The van der Waals surface area contributed by atoms with Crippen LogP contribution in [0.5, 0.6) is 11.5 Å². The van der Waals surface area contributed by atoms with Gasteiger partial charge in [-0.05, 0) is 56.6 Å². The fourth-order valence-electron chi connectivity index (χ4n) is 4.89. The van der Waals surface area contributed by atoms with Crippen molar-refractivity contribution in [2.24, 2.45) is 0 Å². The maximum absolute atomic E-state index is 14.8. The normalized spacial score (nSPS) is 19.1. The van der Waals surface area contributed by atoms with Crippen LogP contribution in [0.25, 0.3) is 11.0 Å². The maximum atomic E-state index is 14.8. The molecule has 2 aromatic carbocycles. The Labute approximate surface area is 221 Å². The van der Waals surface area contributed by atoms with E-state index in [0.29, 0.717) is 17.6 Å². The molecular weight excluding hydrogens is 511 g/mol. The van der Waals surface area contributed by atoms with Crippen LogP contribution < -0.4 is 14.8 Å². The Morgan fingerprint density at radius 2 is 2.08 bits per heavy atom. The Morgan fingerprint density at radius 3 is 2.82 bits per heavy atom. The van der Waals surface area contributed by atoms with E-state index in [1.165, 1.54) is 13.1 Å². The number of aromatic nitrogens is 2. The number of ether oxygens (including phenoxy) is 2. The lowest BCUT2D eigenvalue weighted by atomic mass is 9.85. The molecule has 200 valence electrons. The Kier molecular flexibility index (Phi) is 7.19. The van der Waals surface area contributed by atoms with Gasteiger partial charge in [-0.1, -0.05) is 6.92 Å². The van der Waals surface area contributed by atoms with Gasteiger partial charge in [0.1, 0.15) is 17.4 Å². The van der Waals surface area contributed by atoms with Gasteiger partial charge in [-0.2, -0.15) is 18.0 Å². The average Bonchev–Trinajstić information content (AvgIpc) is 3.32. The van der Waals surface area contributed by atoms with Gasteiger partial charge in [-0.3, -0.25) is 9.71 Å². The van der Waals surface area contributed by atoms with Crippen molar-refractivity contribution in [3.8, 4) is 17.6 Å². The molecule has 2 N–H and O–H groups in total. The Hall–Kier alpha value is -3.37. The molecule has 1 aromatic heterocycles. The first-order chi connectivity index (χ1) is 18.2. The highest BCUT2D eigenvalue weighted by atomic mass is 32.2. The molecule has 1 atom stereocenters. The number of fused-ring (bicyclic) bond motifs is 1. The zero-order valence-corrected chi connectivity index (χ0v) is 22.0. The third-order valence-electron chi connectivity index (χ3n) is 7.21. The first-order valence-electron chi connectivity index (χ1n) is 12.5. The minimum atomic E-state index is -3.93.